The standard InChI is InChI=1S/C16H16ClF3N4/c17-13-11-21-5-4-14(13)23-6-1-7-24(9-8-23)15-3-2-12(10-22-15)16(18,19)20/h2-5,10-11H,1,6-9H2. The topological polar surface area (TPSA) is 32.3 Å². The Bertz CT molecular complexity index is 690. The maximum Gasteiger partial charge on any atom is 0.417 e. The summed E-state index contributed by atoms with van der Waals surface area (Å²) < 4.78 is 37.9. The summed E-state index contributed by atoms with van der Waals surface area (Å²) in [4.78, 5) is 12.1. The zero-order valence-corrected chi connectivity index (χ0v) is 13.6. The second-order valence-electron chi connectivity index (χ2n) is 5.56. The van der Waals surface area contributed by atoms with Crippen LogP contribution in [0.1, 0.15) is 12.0 Å². The maximum absolute atomic E-state index is 12.6. The highest BCUT2D eigenvalue weighted by atomic mass is 35.5. The molecule has 0 bridgehead atoms. The summed E-state index contributed by atoms with van der Waals surface area (Å²) in [5.41, 5.74) is 0.195. The first-order chi connectivity index (χ1) is 11.4. The van der Waals surface area contributed by atoms with Crippen LogP contribution in [0.15, 0.2) is 36.8 Å². The second kappa shape index (κ2) is 6.84. The van der Waals surface area contributed by atoms with Crippen molar-refractivity contribution in [3.8, 4) is 0 Å². The minimum absolute atomic E-state index is 0.561. The Morgan fingerprint density at radius 3 is 2.38 bits per heavy atom. The van der Waals surface area contributed by atoms with E-state index in [1.807, 2.05) is 11.0 Å². The summed E-state index contributed by atoms with van der Waals surface area (Å²) in [5.74, 6) is 0.561. The van der Waals surface area contributed by atoms with E-state index >= 15 is 0 Å². The van der Waals surface area contributed by atoms with Gasteiger partial charge in [0.05, 0.1) is 16.3 Å². The highest BCUT2D eigenvalue weighted by molar-refractivity contribution is 6.33. The third-order valence-electron chi connectivity index (χ3n) is 3.99. The van der Waals surface area contributed by atoms with Gasteiger partial charge in [0.25, 0.3) is 0 Å². The normalized spacial score (nSPS) is 16.2. The third kappa shape index (κ3) is 3.72. The van der Waals surface area contributed by atoms with Gasteiger partial charge in [0, 0.05) is 44.8 Å². The molecule has 0 aromatic carbocycles. The van der Waals surface area contributed by atoms with Crippen LogP contribution in [0.3, 0.4) is 0 Å². The number of rotatable bonds is 2. The molecule has 8 heteroatoms. The summed E-state index contributed by atoms with van der Waals surface area (Å²) >= 11 is 6.19. The van der Waals surface area contributed by atoms with E-state index in [0.717, 1.165) is 37.5 Å². The van der Waals surface area contributed by atoms with Gasteiger partial charge in [0.1, 0.15) is 5.82 Å². The zero-order valence-electron chi connectivity index (χ0n) is 12.8. The van der Waals surface area contributed by atoms with Crippen molar-refractivity contribution in [1.82, 2.24) is 9.97 Å². The van der Waals surface area contributed by atoms with E-state index < -0.39 is 11.7 Å². The van der Waals surface area contributed by atoms with Crippen molar-refractivity contribution in [1.29, 1.82) is 0 Å². The lowest BCUT2D eigenvalue weighted by Gasteiger charge is -2.24. The van der Waals surface area contributed by atoms with Gasteiger partial charge in [-0.1, -0.05) is 11.6 Å². The molecule has 0 unspecified atom stereocenters. The van der Waals surface area contributed by atoms with Gasteiger partial charge in [0.2, 0.25) is 0 Å². The van der Waals surface area contributed by atoms with Crippen LogP contribution < -0.4 is 9.80 Å². The molecule has 0 saturated carbocycles. The van der Waals surface area contributed by atoms with Crippen LogP contribution in [0.2, 0.25) is 5.02 Å². The van der Waals surface area contributed by atoms with Crippen LogP contribution in [0.25, 0.3) is 0 Å². The summed E-state index contributed by atoms with van der Waals surface area (Å²) in [5, 5.41) is 0.596. The lowest BCUT2D eigenvalue weighted by Crippen LogP contribution is -2.31. The Hall–Kier alpha value is -2.02. The highest BCUT2D eigenvalue weighted by Crippen LogP contribution is 2.30. The van der Waals surface area contributed by atoms with Gasteiger partial charge in [-0.2, -0.15) is 13.2 Å². The van der Waals surface area contributed by atoms with E-state index in [4.69, 9.17) is 11.6 Å². The third-order valence-corrected chi connectivity index (χ3v) is 4.28. The molecule has 3 rings (SSSR count). The van der Waals surface area contributed by atoms with Gasteiger partial charge in [-0.25, -0.2) is 4.98 Å². The average molecular weight is 357 g/mol. The van der Waals surface area contributed by atoms with Crippen LogP contribution in [0.4, 0.5) is 24.7 Å². The van der Waals surface area contributed by atoms with E-state index in [1.165, 1.54) is 6.07 Å². The quantitative estimate of drug-likeness (QED) is 0.817. The summed E-state index contributed by atoms with van der Waals surface area (Å²) in [6.45, 7) is 2.93. The molecule has 0 amide bonds. The Labute approximate surface area is 142 Å². The van der Waals surface area contributed by atoms with E-state index in [-0.39, 0.29) is 0 Å². The molecule has 0 atom stereocenters. The molecule has 0 N–H and O–H groups in total. The van der Waals surface area contributed by atoms with Crippen LogP contribution in [-0.4, -0.2) is 36.1 Å². The summed E-state index contributed by atoms with van der Waals surface area (Å²) in [6.07, 6.45) is 0.691. The Balaban J connectivity index is 1.71. The van der Waals surface area contributed by atoms with Crippen molar-refractivity contribution in [3.05, 3.63) is 47.4 Å². The van der Waals surface area contributed by atoms with Gasteiger partial charge in [-0.15, -0.1) is 0 Å². The first kappa shape index (κ1) is 16.8. The molecular weight excluding hydrogens is 341 g/mol. The van der Waals surface area contributed by atoms with Crippen molar-refractivity contribution >= 4 is 23.1 Å². The van der Waals surface area contributed by atoms with E-state index in [0.29, 0.717) is 23.9 Å². The van der Waals surface area contributed by atoms with Crippen molar-refractivity contribution in [3.63, 3.8) is 0 Å². The molecule has 0 spiro atoms. The molecule has 0 aliphatic carbocycles. The van der Waals surface area contributed by atoms with Gasteiger partial charge in [0.15, 0.2) is 0 Å². The molecule has 1 aliphatic rings. The number of halogens is 4. The van der Waals surface area contributed by atoms with E-state index in [9.17, 15) is 13.2 Å². The molecule has 2 aromatic heterocycles. The van der Waals surface area contributed by atoms with Crippen LogP contribution >= 0.6 is 11.6 Å². The fraction of sp³-hybridized carbons (Fsp3) is 0.375. The van der Waals surface area contributed by atoms with E-state index in [2.05, 4.69) is 14.9 Å². The molecule has 0 radical (unpaired) electrons. The smallest absolute Gasteiger partial charge is 0.368 e. The van der Waals surface area contributed by atoms with Crippen LogP contribution in [-0.2, 0) is 6.18 Å². The Morgan fingerprint density at radius 1 is 0.958 bits per heavy atom. The fourth-order valence-electron chi connectivity index (χ4n) is 2.75. The number of pyridine rings is 2. The molecule has 2 aromatic rings. The van der Waals surface area contributed by atoms with Gasteiger partial charge in [-0.3, -0.25) is 4.98 Å². The van der Waals surface area contributed by atoms with E-state index in [1.54, 1.807) is 12.4 Å². The Kier molecular flexibility index (Phi) is 4.80. The molecule has 1 saturated heterocycles. The van der Waals surface area contributed by atoms with Gasteiger partial charge in [-0.05, 0) is 24.6 Å². The van der Waals surface area contributed by atoms with Gasteiger partial charge >= 0.3 is 6.18 Å². The molecule has 1 aliphatic heterocycles. The number of anilines is 2. The summed E-state index contributed by atoms with van der Waals surface area (Å²) in [7, 11) is 0. The Morgan fingerprint density at radius 2 is 1.71 bits per heavy atom. The molecular formula is C16H16ClF3N4. The fourth-order valence-corrected chi connectivity index (χ4v) is 2.99. The van der Waals surface area contributed by atoms with Crippen molar-refractivity contribution in [2.24, 2.45) is 0 Å². The SMILES string of the molecule is FC(F)(F)c1ccc(N2CCCN(c3ccncc3Cl)CC2)nc1. The predicted octanol–water partition coefficient (Wildman–Crippen LogP) is 3.87. The minimum Gasteiger partial charge on any atom is -0.368 e. The van der Waals surface area contributed by atoms with Crippen molar-refractivity contribution < 1.29 is 13.2 Å². The largest absolute Gasteiger partial charge is 0.417 e. The van der Waals surface area contributed by atoms with Gasteiger partial charge < -0.3 is 9.80 Å². The number of nitrogens with zero attached hydrogens (tertiary/aromatic N) is 4. The van der Waals surface area contributed by atoms with Crippen molar-refractivity contribution in [2.45, 2.75) is 12.6 Å². The molecule has 24 heavy (non-hydrogen) atoms. The second-order valence-corrected chi connectivity index (χ2v) is 5.96. The first-order valence-corrected chi connectivity index (χ1v) is 7.95. The monoisotopic (exact) mass is 356 g/mol. The number of aromatic nitrogens is 2. The first-order valence-electron chi connectivity index (χ1n) is 7.58. The number of alkyl halides is 3. The minimum atomic E-state index is -4.36. The zero-order chi connectivity index (χ0) is 17.2. The molecule has 3 heterocycles. The molecule has 1 fully saturated rings. The maximum atomic E-state index is 12.6. The predicted molar refractivity (Wildman–Crippen MR) is 87.5 cm³/mol. The molecule has 128 valence electrons. The number of hydrogen-bond donors (Lipinski definition) is 0. The van der Waals surface area contributed by atoms with Crippen LogP contribution in [0.5, 0.6) is 0 Å². The lowest BCUT2D eigenvalue weighted by atomic mass is 10.2. The van der Waals surface area contributed by atoms with Crippen LogP contribution in [0, 0.1) is 0 Å². The number of hydrogen-bond acceptors (Lipinski definition) is 4. The highest BCUT2D eigenvalue weighted by Gasteiger charge is 2.31. The van der Waals surface area contributed by atoms with Crippen molar-refractivity contribution in [2.75, 3.05) is 36.0 Å². The summed E-state index contributed by atoms with van der Waals surface area (Å²) in [6, 6.07) is 4.37. The lowest BCUT2D eigenvalue weighted by molar-refractivity contribution is -0.137. The molecule has 4 nitrogen and oxygen atoms in total. The average Bonchev–Trinajstić information content (AvgIpc) is 2.81.